The molecular formula is C12H10BrN3OS. The summed E-state index contributed by atoms with van der Waals surface area (Å²) < 4.78 is 6.07. The molecule has 0 atom stereocenters. The van der Waals surface area contributed by atoms with Crippen LogP contribution in [0.5, 0.6) is 0 Å². The fourth-order valence-corrected chi connectivity index (χ4v) is 1.81. The van der Waals surface area contributed by atoms with E-state index in [9.17, 15) is 0 Å². The standard InChI is InChI=1S/C12H10BrN3OS/c13-9-3-1-4-10(7-9)15-12(18)16-14-8-11-5-2-6-17-11/h1-8H,(H2,15,16,18)/b14-8-. The van der Waals surface area contributed by atoms with Crippen LogP contribution in [0.1, 0.15) is 5.76 Å². The normalized spacial score (nSPS) is 10.5. The molecule has 4 nitrogen and oxygen atoms in total. The zero-order chi connectivity index (χ0) is 12.8. The number of furan rings is 1. The second-order valence-electron chi connectivity index (χ2n) is 3.35. The third kappa shape index (κ3) is 3.97. The predicted molar refractivity (Wildman–Crippen MR) is 79.8 cm³/mol. The van der Waals surface area contributed by atoms with Gasteiger partial charge in [0.1, 0.15) is 5.76 Å². The number of nitrogens with zero attached hydrogens (tertiary/aromatic N) is 1. The quantitative estimate of drug-likeness (QED) is 0.516. The van der Waals surface area contributed by atoms with E-state index in [0.29, 0.717) is 10.9 Å². The molecule has 0 aliphatic carbocycles. The van der Waals surface area contributed by atoms with E-state index in [0.717, 1.165) is 10.2 Å². The van der Waals surface area contributed by atoms with Gasteiger partial charge in [-0.15, -0.1) is 0 Å². The summed E-state index contributed by atoms with van der Waals surface area (Å²) in [6, 6.07) is 11.3. The van der Waals surface area contributed by atoms with Crippen molar-refractivity contribution in [2.24, 2.45) is 5.10 Å². The van der Waals surface area contributed by atoms with Crippen LogP contribution in [0.3, 0.4) is 0 Å². The van der Waals surface area contributed by atoms with Crippen LogP contribution in [-0.2, 0) is 0 Å². The van der Waals surface area contributed by atoms with Gasteiger partial charge in [-0.05, 0) is 42.5 Å². The molecular weight excluding hydrogens is 314 g/mol. The van der Waals surface area contributed by atoms with E-state index < -0.39 is 0 Å². The zero-order valence-corrected chi connectivity index (χ0v) is 11.7. The zero-order valence-electron chi connectivity index (χ0n) is 9.26. The van der Waals surface area contributed by atoms with Crippen LogP contribution >= 0.6 is 28.1 Å². The van der Waals surface area contributed by atoms with Gasteiger partial charge in [0.05, 0.1) is 12.5 Å². The van der Waals surface area contributed by atoms with Crippen molar-refractivity contribution < 1.29 is 4.42 Å². The number of hydrogen-bond acceptors (Lipinski definition) is 3. The highest BCUT2D eigenvalue weighted by atomic mass is 79.9. The van der Waals surface area contributed by atoms with E-state index in [2.05, 4.69) is 31.8 Å². The van der Waals surface area contributed by atoms with Crippen molar-refractivity contribution in [2.45, 2.75) is 0 Å². The topological polar surface area (TPSA) is 49.6 Å². The SMILES string of the molecule is S=C(N/N=C\c1ccco1)Nc1cccc(Br)c1. The van der Waals surface area contributed by atoms with Crippen molar-refractivity contribution in [2.75, 3.05) is 5.32 Å². The highest BCUT2D eigenvalue weighted by molar-refractivity contribution is 9.10. The van der Waals surface area contributed by atoms with Gasteiger partial charge in [0.25, 0.3) is 0 Å². The maximum absolute atomic E-state index is 5.09. The molecule has 2 aromatic rings. The number of halogens is 1. The van der Waals surface area contributed by atoms with E-state index >= 15 is 0 Å². The summed E-state index contributed by atoms with van der Waals surface area (Å²) in [5.74, 6) is 0.660. The first kappa shape index (κ1) is 12.8. The fourth-order valence-electron chi connectivity index (χ4n) is 1.24. The van der Waals surface area contributed by atoms with E-state index in [4.69, 9.17) is 16.6 Å². The van der Waals surface area contributed by atoms with E-state index in [1.165, 1.54) is 0 Å². The van der Waals surface area contributed by atoms with Crippen LogP contribution in [0, 0.1) is 0 Å². The Hall–Kier alpha value is -1.66. The molecule has 0 aliphatic heterocycles. The number of hydrazone groups is 1. The molecule has 0 radical (unpaired) electrons. The third-order valence-electron chi connectivity index (χ3n) is 1.98. The molecule has 6 heteroatoms. The maximum atomic E-state index is 5.09. The fraction of sp³-hybridized carbons (Fsp3) is 0. The van der Waals surface area contributed by atoms with Crippen molar-refractivity contribution >= 4 is 45.2 Å². The summed E-state index contributed by atoms with van der Waals surface area (Å²) in [6.45, 7) is 0. The molecule has 2 rings (SSSR count). The maximum Gasteiger partial charge on any atom is 0.191 e. The van der Waals surface area contributed by atoms with Crippen molar-refractivity contribution in [3.63, 3.8) is 0 Å². The number of hydrogen-bond donors (Lipinski definition) is 2. The van der Waals surface area contributed by atoms with Crippen LogP contribution in [0.15, 0.2) is 56.7 Å². The lowest BCUT2D eigenvalue weighted by Crippen LogP contribution is -2.23. The van der Waals surface area contributed by atoms with Gasteiger partial charge in [-0.2, -0.15) is 5.10 Å². The van der Waals surface area contributed by atoms with Gasteiger partial charge >= 0.3 is 0 Å². The molecule has 1 heterocycles. The lowest BCUT2D eigenvalue weighted by atomic mass is 10.3. The van der Waals surface area contributed by atoms with Gasteiger partial charge in [-0.3, -0.25) is 5.43 Å². The van der Waals surface area contributed by atoms with E-state index in [1.807, 2.05) is 24.3 Å². The van der Waals surface area contributed by atoms with Crippen LogP contribution < -0.4 is 10.7 Å². The Labute approximate surface area is 118 Å². The van der Waals surface area contributed by atoms with Crippen molar-refractivity contribution in [3.05, 3.63) is 52.9 Å². The van der Waals surface area contributed by atoms with Crippen LogP contribution in [0.25, 0.3) is 0 Å². The second kappa shape index (κ2) is 6.32. The summed E-state index contributed by atoms with van der Waals surface area (Å²) in [4.78, 5) is 0. The molecule has 0 spiro atoms. The molecule has 18 heavy (non-hydrogen) atoms. The smallest absolute Gasteiger partial charge is 0.191 e. The van der Waals surface area contributed by atoms with Gasteiger partial charge in [0.2, 0.25) is 0 Å². The molecule has 2 N–H and O–H groups in total. The Morgan fingerprint density at radius 1 is 1.33 bits per heavy atom. The van der Waals surface area contributed by atoms with E-state index in [-0.39, 0.29) is 0 Å². The van der Waals surface area contributed by atoms with Crippen LogP contribution in [0.4, 0.5) is 5.69 Å². The Bertz CT molecular complexity index is 554. The molecule has 0 unspecified atom stereocenters. The summed E-state index contributed by atoms with van der Waals surface area (Å²) in [6.07, 6.45) is 3.13. The van der Waals surface area contributed by atoms with Crippen LogP contribution in [0.2, 0.25) is 0 Å². The first-order valence-corrected chi connectivity index (χ1v) is 6.33. The Kier molecular flexibility index (Phi) is 4.49. The number of anilines is 1. The molecule has 0 amide bonds. The minimum absolute atomic E-state index is 0.413. The van der Waals surface area contributed by atoms with E-state index in [1.54, 1.807) is 24.6 Å². The van der Waals surface area contributed by atoms with Crippen molar-refractivity contribution in [1.82, 2.24) is 5.43 Å². The molecule has 1 aromatic carbocycles. The molecule has 0 fully saturated rings. The largest absolute Gasteiger partial charge is 0.463 e. The molecule has 0 saturated heterocycles. The molecule has 0 saturated carbocycles. The lowest BCUT2D eigenvalue weighted by molar-refractivity contribution is 0.560. The molecule has 92 valence electrons. The number of rotatable bonds is 3. The summed E-state index contributed by atoms with van der Waals surface area (Å²) in [5, 5.41) is 7.37. The minimum Gasteiger partial charge on any atom is -0.463 e. The third-order valence-corrected chi connectivity index (χ3v) is 2.67. The lowest BCUT2D eigenvalue weighted by Gasteiger charge is -2.06. The molecule has 1 aromatic heterocycles. The average molecular weight is 324 g/mol. The van der Waals surface area contributed by atoms with Gasteiger partial charge in [-0.25, -0.2) is 0 Å². The minimum atomic E-state index is 0.413. The molecule has 0 bridgehead atoms. The number of thiocarbonyl (C=S) groups is 1. The number of benzene rings is 1. The van der Waals surface area contributed by atoms with Gasteiger partial charge < -0.3 is 9.73 Å². The van der Waals surface area contributed by atoms with Crippen LogP contribution in [-0.4, -0.2) is 11.3 Å². The Balaban J connectivity index is 1.86. The highest BCUT2D eigenvalue weighted by Crippen LogP contribution is 2.15. The number of nitrogens with one attached hydrogen (secondary N) is 2. The summed E-state index contributed by atoms with van der Waals surface area (Å²) >= 11 is 8.48. The predicted octanol–water partition coefficient (Wildman–Crippen LogP) is 3.36. The van der Waals surface area contributed by atoms with Gasteiger partial charge in [-0.1, -0.05) is 22.0 Å². The first-order valence-electron chi connectivity index (χ1n) is 5.13. The summed E-state index contributed by atoms with van der Waals surface area (Å²) in [7, 11) is 0. The van der Waals surface area contributed by atoms with Crippen molar-refractivity contribution in [3.8, 4) is 0 Å². The summed E-state index contributed by atoms with van der Waals surface area (Å²) in [5.41, 5.74) is 3.59. The average Bonchev–Trinajstić information content (AvgIpc) is 2.82. The first-order chi connectivity index (χ1) is 8.74. The Morgan fingerprint density at radius 2 is 2.22 bits per heavy atom. The Morgan fingerprint density at radius 3 is 2.94 bits per heavy atom. The van der Waals surface area contributed by atoms with Gasteiger partial charge in [0.15, 0.2) is 5.11 Å². The second-order valence-corrected chi connectivity index (χ2v) is 4.67. The highest BCUT2D eigenvalue weighted by Gasteiger charge is 1.96. The van der Waals surface area contributed by atoms with Crippen molar-refractivity contribution in [1.29, 1.82) is 0 Å². The van der Waals surface area contributed by atoms with Gasteiger partial charge in [0, 0.05) is 10.2 Å². The molecule has 0 aliphatic rings. The monoisotopic (exact) mass is 323 g/mol.